The fourth-order valence-corrected chi connectivity index (χ4v) is 2.97. The van der Waals surface area contributed by atoms with E-state index in [0.717, 1.165) is 11.3 Å². The number of carbonyl (C=O) groups excluding carboxylic acids is 1. The molecule has 2 aromatic carbocycles. The van der Waals surface area contributed by atoms with Gasteiger partial charge in [0, 0.05) is 5.56 Å². The van der Waals surface area contributed by atoms with Crippen molar-refractivity contribution in [2.24, 2.45) is 0 Å². The molecular weight excluding hydrogens is 354 g/mol. The van der Waals surface area contributed by atoms with Gasteiger partial charge in [-0.25, -0.2) is 4.79 Å². The van der Waals surface area contributed by atoms with Crippen LogP contribution in [0, 0.1) is 0 Å². The quantitative estimate of drug-likeness (QED) is 0.682. The number of carbonyl (C=O) groups is 2. The average Bonchev–Trinajstić information content (AvgIpc) is 2.72. The van der Waals surface area contributed by atoms with Gasteiger partial charge < -0.3 is 10.4 Å². The Labute approximate surface area is 163 Å². The van der Waals surface area contributed by atoms with Gasteiger partial charge in [0.25, 0.3) is 5.91 Å². The Morgan fingerprint density at radius 2 is 1.61 bits per heavy atom. The summed E-state index contributed by atoms with van der Waals surface area (Å²) in [6.45, 7) is 4.42. The maximum atomic E-state index is 12.3. The van der Waals surface area contributed by atoms with Gasteiger partial charge in [-0.05, 0) is 35.7 Å². The number of carboxylic acids is 1. The Morgan fingerprint density at radius 3 is 2.25 bits per heavy atom. The van der Waals surface area contributed by atoms with Crippen molar-refractivity contribution >= 4 is 11.9 Å². The molecule has 6 heteroatoms. The number of amides is 1. The number of nitrogens with one attached hydrogen (secondary N) is 1. The van der Waals surface area contributed by atoms with Gasteiger partial charge in [0.15, 0.2) is 0 Å². The second-order valence-corrected chi connectivity index (χ2v) is 6.69. The van der Waals surface area contributed by atoms with Gasteiger partial charge >= 0.3 is 5.97 Å². The summed E-state index contributed by atoms with van der Waals surface area (Å²) in [6.07, 6.45) is 0. The lowest BCUT2D eigenvalue weighted by Gasteiger charge is -2.12. The van der Waals surface area contributed by atoms with Gasteiger partial charge in [-0.2, -0.15) is 10.2 Å². The third kappa shape index (κ3) is 4.23. The maximum absolute atomic E-state index is 12.3. The van der Waals surface area contributed by atoms with Crippen LogP contribution in [0.3, 0.4) is 0 Å². The maximum Gasteiger partial charge on any atom is 0.336 e. The number of nitrogens with zero attached hydrogens (tertiary/aromatic N) is 2. The van der Waals surface area contributed by atoms with Crippen molar-refractivity contribution in [1.82, 2.24) is 15.5 Å². The van der Waals surface area contributed by atoms with Crippen LogP contribution in [0.5, 0.6) is 0 Å². The van der Waals surface area contributed by atoms with E-state index >= 15 is 0 Å². The van der Waals surface area contributed by atoms with Gasteiger partial charge in [0.05, 0.1) is 29.1 Å². The van der Waals surface area contributed by atoms with Crippen LogP contribution in [0.1, 0.15) is 51.7 Å². The van der Waals surface area contributed by atoms with E-state index in [1.807, 2.05) is 30.3 Å². The minimum absolute atomic E-state index is 0.0354. The number of aromatic carboxylic acids is 1. The molecule has 3 rings (SSSR count). The van der Waals surface area contributed by atoms with Crippen molar-refractivity contribution < 1.29 is 14.7 Å². The van der Waals surface area contributed by atoms with Crippen LogP contribution in [0.25, 0.3) is 11.3 Å². The number of hydrogen-bond donors (Lipinski definition) is 2. The fraction of sp³-hybridized carbons (Fsp3) is 0.182. The van der Waals surface area contributed by atoms with Crippen molar-refractivity contribution in [3.63, 3.8) is 0 Å². The number of benzene rings is 2. The largest absolute Gasteiger partial charge is 0.478 e. The number of aromatic nitrogens is 2. The topological polar surface area (TPSA) is 92.2 Å². The molecule has 28 heavy (non-hydrogen) atoms. The molecule has 0 bridgehead atoms. The Bertz CT molecular complexity index is 998. The molecule has 0 radical (unpaired) electrons. The Kier molecular flexibility index (Phi) is 5.79. The number of hydrogen-bond acceptors (Lipinski definition) is 4. The van der Waals surface area contributed by atoms with E-state index in [4.69, 9.17) is 0 Å². The van der Waals surface area contributed by atoms with E-state index in [0.29, 0.717) is 11.6 Å². The second-order valence-electron chi connectivity index (χ2n) is 6.69. The highest BCUT2D eigenvalue weighted by molar-refractivity contribution is 6.04. The molecule has 0 aliphatic rings. The summed E-state index contributed by atoms with van der Waals surface area (Å²) in [5, 5.41) is 20.4. The molecule has 0 aliphatic heterocycles. The zero-order valence-electron chi connectivity index (χ0n) is 15.7. The predicted octanol–water partition coefficient (Wildman–Crippen LogP) is 3.90. The molecule has 0 saturated heterocycles. The fourth-order valence-electron chi connectivity index (χ4n) is 2.97. The van der Waals surface area contributed by atoms with E-state index in [1.165, 1.54) is 17.7 Å². The summed E-state index contributed by atoms with van der Waals surface area (Å²) < 4.78 is 0. The van der Waals surface area contributed by atoms with E-state index in [9.17, 15) is 14.7 Å². The van der Waals surface area contributed by atoms with Crippen molar-refractivity contribution in [2.75, 3.05) is 0 Å². The van der Waals surface area contributed by atoms with Crippen molar-refractivity contribution in [3.8, 4) is 11.3 Å². The highest BCUT2D eigenvalue weighted by Gasteiger charge is 2.16. The first-order chi connectivity index (χ1) is 13.5. The Hall–Kier alpha value is -3.54. The Morgan fingerprint density at radius 1 is 0.929 bits per heavy atom. The first-order valence-corrected chi connectivity index (χ1v) is 8.99. The van der Waals surface area contributed by atoms with Gasteiger partial charge in [-0.1, -0.05) is 50.2 Å². The zero-order valence-corrected chi connectivity index (χ0v) is 15.7. The van der Waals surface area contributed by atoms with E-state index in [1.54, 1.807) is 12.1 Å². The lowest BCUT2D eigenvalue weighted by atomic mass is 9.95. The zero-order chi connectivity index (χ0) is 20.1. The molecule has 0 spiro atoms. The third-order valence-corrected chi connectivity index (χ3v) is 4.41. The molecule has 3 aromatic rings. The second kappa shape index (κ2) is 8.43. The van der Waals surface area contributed by atoms with Crippen LogP contribution in [-0.2, 0) is 6.54 Å². The van der Waals surface area contributed by atoms with Crippen LogP contribution in [0.2, 0.25) is 0 Å². The van der Waals surface area contributed by atoms with Crippen LogP contribution >= 0.6 is 0 Å². The monoisotopic (exact) mass is 375 g/mol. The lowest BCUT2D eigenvalue weighted by Crippen LogP contribution is -2.25. The third-order valence-electron chi connectivity index (χ3n) is 4.41. The molecule has 0 fully saturated rings. The highest BCUT2D eigenvalue weighted by Crippen LogP contribution is 2.27. The van der Waals surface area contributed by atoms with E-state index < -0.39 is 11.9 Å². The van der Waals surface area contributed by atoms with Gasteiger partial charge in [0.2, 0.25) is 0 Å². The van der Waals surface area contributed by atoms with Crippen LogP contribution in [-0.4, -0.2) is 27.2 Å². The summed E-state index contributed by atoms with van der Waals surface area (Å²) in [5.41, 5.74) is 3.68. The molecule has 1 aromatic heterocycles. The van der Waals surface area contributed by atoms with Crippen LogP contribution < -0.4 is 5.32 Å². The van der Waals surface area contributed by atoms with Crippen molar-refractivity contribution in [2.45, 2.75) is 26.3 Å². The Balaban J connectivity index is 1.72. The summed E-state index contributed by atoms with van der Waals surface area (Å²) in [7, 11) is 0. The summed E-state index contributed by atoms with van der Waals surface area (Å²) in [4.78, 5) is 23.6. The average molecular weight is 375 g/mol. The molecular formula is C22H21N3O3. The summed E-state index contributed by atoms with van der Waals surface area (Å²) >= 11 is 0. The molecule has 6 nitrogen and oxygen atoms in total. The number of rotatable bonds is 6. The molecule has 2 N–H and O–H groups in total. The standard InChI is InChI=1S/C22H21N3O3/c1-14(2)16-7-3-4-8-17(16)20-12-11-15(24-25-20)13-23-21(26)18-9-5-6-10-19(18)22(27)28/h3-12,14H,13H2,1-2H3,(H,23,26)(H,27,28). The molecule has 1 amide bonds. The molecule has 0 saturated carbocycles. The van der Waals surface area contributed by atoms with Gasteiger partial charge in [-0.3, -0.25) is 4.79 Å². The summed E-state index contributed by atoms with van der Waals surface area (Å²) in [5.74, 6) is -1.24. The summed E-state index contributed by atoms with van der Waals surface area (Å²) in [6, 6.07) is 17.8. The molecule has 0 atom stereocenters. The number of carboxylic acid groups (broad SMARTS) is 1. The van der Waals surface area contributed by atoms with Crippen LogP contribution in [0.4, 0.5) is 0 Å². The predicted molar refractivity (Wildman–Crippen MR) is 106 cm³/mol. The first-order valence-electron chi connectivity index (χ1n) is 8.99. The van der Waals surface area contributed by atoms with E-state index in [-0.39, 0.29) is 17.7 Å². The SMILES string of the molecule is CC(C)c1ccccc1-c1ccc(CNC(=O)c2ccccc2C(=O)O)nn1. The molecule has 0 aliphatic carbocycles. The molecule has 0 unspecified atom stereocenters. The van der Waals surface area contributed by atoms with E-state index in [2.05, 4.69) is 35.4 Å². The van der Waals surface area contributed by atoms with Crippen LogP contribution in [0.15, 0.2) is 60.7 Å². The normalized spacial score (nSPS) is 10.7. The smallest absolute Gasteiger partial charge is 0.336 e. The van der Waals surface area contributed by atoms with Gasteiger partial charge in [0.1, 0.15) is 0 Å². The first kappa shape index (κ1) is 19.2. The minimum atomic E-state index is -1.14. The van der Waals surface area contributed by atoms with Gasteiger partial charge in [-0.15, -0.1) is 0 Å². The van der Waals surface area contributed by atoms with Crippen molar-refractivity contribution in [3.05, 3.63) is 83.0 Å². The highest BCUT2D eigenvalue weighted by atomic mass is 16.4. The van der Waals surface area contributed by atoms with Crippen molar-refractivity contribution in [1.29, 1.82) is 0 Å². The minimum Gasteiger partial charge on any atom is -0.478 e. The molecule has 142 valence electrons. The molecule has 1 heterocycles. The lowest BCUT2D eigenvalue weighted by molar-refractivity contribution is 0.0691.